The number of amides is 2. The van der Waals surface area contributed by atoms with E-state index in [0.717, 1.165) is 23.6 Å². The molecule has 1 aliphatic rings. The average Bonchev–Trinajstić information content (AvgIpc) is 3.59. The van der Waals surface area contributed by atoms with E-state index in [4.69, 9.17) is 14.4 Å². The number of furan rings is 1. The minimum atomic E-state index is -0.207. The molecule has 3 aromatic rings. The summed E-state index contributed by atoms with van der Waals surface area (Å²) in [5, 5.41) is 11.7. The van der Waals surface area contributed by atoms with Crippen LogP contribution in [0.15, 0.2) is 52.5 Å². The Balaban J connectivity index is 1.34. The molecule has 9 heteroatoms. The van der Waals surface area contributed by atoms with Crippen LogP contribution in [0.5, 0.6) is 5.75 Å². The second kappa shape index (κ2) is 11.9. The molecule has 4 rings (SSSR count). The molecule has 1 saturated heterocycles. The summed E-state index contributed by atoms with van der Waals surface area (Å²) in [4.78, 5) is 34.2. The first-order valence-corrected chi connectivity index (χ1v) is 13.0. The molecule has 0 unspecified atom stereocenters. The van der Waals surface area contributed by atoms with Gasteiger partial charge in [-0.25, -0.2) is 4.98 Å². The lowest BCUT2D eigenvalue weighted by Crippen LogP contribution is -2.38. The lowest BCUT2D eigenvalue weighted by atomic mass is 9.97. The Morgan fingerprint density at radius 1 is 1.25 bits per heavy atom. The van der Waals surface area contributed by atoms with Gasteiger partial charge < -0.3 is 19.0 Å². The molecule has 0 bridgehead atoms. The highest BCUT2D eigenvalue weighted by molar-refractivity contribution is 7.09. The van der Waals surface area contributed by atoms with Gasteiger partial charge in [-0.1, -0.05) is 0 Å². The average molecular weight is 507 g/mol. The molecule has 0 radical (unpaired) electrons. The van der Waals surface area contributed by atoms with Gasteiger partial charge in [0.25, 0.3) is 11.8 Å². The molecule has 0 saturated carbocycles. The van der Waals surface area contributed by atoms with Crippen LogP contribution >= 0.6 is 11.3 Å². The summed E-state index contributed by atoms with van der Waals surface area (Å²) in [7, 11) is 0. The van der Waals surface area contributed by atoms with Crippen molar-refractivity contribution in [1.29, 1.82) is 5.26 Å². The van der Waals surface area contributed by atoms with Gasteiger partial charge in [0, 0.05) is 36.5 Å². The number of likely N-dealkylation sites (tertiary alicyclic amines) is 1. The fourth-order valence-corrected chi connectivity index (χ4v) is 5.19. The molecule has 1 aliphatic heterocycles. The molecule has 3 heterocycles. The monoisotopic (exact) mass is 506 g/mol. The number of hydrogen-bond acceptors (Lipinski definition) is 7. The van der Waals surface area contributed by atoms with Crippen molar-refractivity contribution in [3.05, 3.63) is 70.1 Å². The number of aromatic nitrogens is 1. The van der Waals surface area contributed by atoms with Crippen LogP contribution in [0, 0.1) is 11.3 Å². The Labute approximate surface area is 215 Å². The van der Waals surface area contributed by atoms with Crippen LogP contribution in [-0.4, -0.2) is 52.3 Å². The van der Waals surface area contributed by atoms with E-state index in [9.17, 15) is 9.59 Å². The van der Waals surface area contributed by atoms with E-state index in [2.05, 4.69) is 11.1 Å². The van der Waals surface area contributed by atoms with Crippen LogP contribution in [0.25, 0.3) is 0 Å². The van der Waals surface area contributed by atoms with Crippen molar-refractivity contribution in [1.82, 2.24) is 14.8 Å². The van der Waals surface area contributed by atoms with Crippen molar-refractivity contribution >= 4 is 23.2 Å². The predicted octanol–water partition coefficient (Wildman–Crippen LogP) is 5.10. The molecule has 0 spiro atoms. The topological polar surface area (TPSA) is 99.7 Å². The molecule has 1 fully saturated rings. The highest BCUT2D eigenvalue weighted by atomic mass is 32.1. The number of rotatable bonds is 9. The summed E-state index contributed by atoms with van der Waals surface area (Å²) in [5.74, 6) is 1.44. The number of nitrogens with zero attached hydrogens (tertiary/aromatic N) is 4. The number of piperidine rings is 1. The van der Waals surface area contributed by atoms with E-state index in [-0.39, 0.29) is 30.3 Å². The molecular formula is C27H30N4O4S. The van der Waals surface area contributed by atoms with Gasteiger partial charge in [-0.3, -0.25) is 9.59 Å². The van der Waals surface area contributed by atoms with Gasteiger partial charge in [0.05, 0.1) is 36.4 Å². The fourth-order valence-electron chi connectivity index (χ4n) is 4.22. The summed E-state index contributed by atoms with van der Waals surface area (Å²) in [6.07, 6.45) is 3.49. The third-order valence-corrected chi connectivity index (χ3v) is 7.06. The summed E-state index contributed by atoms with van der Waals surface area (Å²) >= 11 is 1.48. The van der Waals surface area contributed by atoms with Crippen molar-refractivity contribution in [2.75, 3.05) is 19.6 Å². The summed E-state index contributed by atoms with van der Waals surface area (Å²) < 4.78 is 11.0. The molecule has 0 aliphatic carbocycles. The zero-order valence-electron chi connectivity index (χ0n) is 20.6. The maximum absolute atomic E-state index is 13.1. The maximum atomic E-state index is 13.1. The van der Waals surface area contributed by atoms with Gasteiger partial charge in [0.1, 0.15) is 17.2 Å². The zero-order chi connectivity index (χ0) is 25.5. The Morgan fingerprint density at radius 2 is 2.00 bits per heavy atom. The minimum Gasteiger partial charge on any atom is -0.491 e. The van der Waals surface area contributed by atoms with Crippen LogP contribution in [0.3, 0.4) is 0 Å². The summed E-state index contributed by atoms with van der Waals surface area (Å²) in [5.41, 5.74) is 1.04. The quantitative estimate of drug-likeness (QED) is 0.400. The summed E-state index contributed by atoms with van der Waals surface area (Å²) in [6.45, 7) is 5.83. The minimum absolute atomic E-state index is 0.0191. The van der Waals surface area contributed by atoms with Gasteiger partial charge in [-0.2, -0.15) is 5.26 Å². The number of thiazole rings is 1. The number of hydrogen-bond donors (Lipinski definition) is 0. The first-order valence-electron chi connectivity index (χ1n) is 12.1. The van der Waals surface area contributed by atoms with Crippen molar-refractivity contribution < 1.29 is 18.7 Å². The van der Waals surface area contributed by atoms with E-state index in [1.165, 1.54) is 11.3 Å². The number of carbonyl (C=O) groups is 2. The van der Waals surface area contributed by atoms with Crippen LogP contribution in [0.4, 0.5) is 0 Å². The van der Waals surface area contributed by atoms with Crippen LogP contribution < -0.4 is 4.74 Å². The molecule has 2 aromatic heterocycles. The lowest BCUT2D eigenvalue weighted by molar-refractivity contribution is 0.0712. The zero-order valence-corrected chi connectivity index (χ0v) is 21.4. The third-order valence-electron chi connectivity index (χ3n) is 6.05. The number of carbonyl (C=O) groups excluding carboxylic acids is 2. The summed E-state index contributed by atoms with van der Waals surface area (Å²) in [6, 6.07) is 13.0. The normalized spacial score (nSPS) is 14.0. The highest BCUT2D eigenvalue weighted by Gasteiger charge is 2.28. The van der Waals surface area contributed by atoms with E-state index < -0.39 is 0 Å². The Morgan fingerprint density at radius 3 is 2.64 bits per heavy atom. The van der Waals surface area contributed by atoms with Gasteiger partial charge in [0.2, 0.25) is 0 Å². The van der Waals surface area contributed by atoms with Crippen molar-refractivity contribution in [2.45, 2.75) is 51.7 Å². The van der Waals surface area contributed by atoms with Gasteiger partial charge >= 0.3 is 0 Å². The van der Waals surface area contributed by atoms with E-state index in [0.29, 0.717) is 43.2 Å². The molecule has 36 heavy (non-hydrogen) atoms. The number of benzene rings is 1. The van der Waals surface area contributed by atoms with Crippen molar-refractivity contribution in [2.24, 2.45) is 0 Å². The maximum Gasteiger partial charge on any atom is 0.273 e. The number of ether oxygens (including phenoxy) is 1. The van der Waals surface area contributed by atoms with Gasteiger partial charge in [-0.15, -0.1) is 11.3 Å². The van der Waals surface area contributed by atoms with E-state index in [1.54, 1.807) is 22.6 Å². The Hall–Kier alpha value is -3.64. The van der Waals surface area contributed by atoms with Gasteiger partial charge in [-0.05, 0) is 63.1 Å². The Bertz CT molecular complexity index is 1190. The number of nitriles is 1. The standard InChI is InChI=1S/C27H30N4O4S/c1-19(2)35-22-8-6-21(7-9-22)26(32)30-14-10-20(11-15-30)25-29-24(18-36-25)27(33)31(13-4-12-28)17-23-5-3-16-34-23/h3,5-9,16,18-20H,4,10-11,13-15,17H2,1-2H3. The molecule has 8 nitrogen and oxygen atoms in total. The SMILES string of the molecule is CC(C)Oc1ccc(C(=O)N2CCC(c3nc(C(=O)N(CCC#N)Cc4ccco4)cs3)CC2)cc1. The van der Waals surface area contributed by atoms with E-state index in [1.807, 2.05) is 49.1 Å². The lowest BCUT2D eigenvalue weighted by Gasteiger charge is -2.31. The third kappa shape index (κ3) is 6.32. The second-order valence-corrected chi connectivity index (χ2v) is 9.93. The largest absolute Gasteiger partial charge is 0.491 e. The molecule has 0 N–H and O–H groups in total. The first kappa shape index (κ1) is 25.5. The molecule has 188 valence electrons. The second-order valence-electron chi connectivity index (χ2n) is 9.04. The smallest absolute Gasteiger partial charge is 0.273 e. The molecule has 2 amide bonds. The molecule has 0 atom stereocenters. The van der Waals surface area contributed by atoms with Crippen LogP contribution in [0.2, 0.25) is 0 Å². The molecular weight excluding hydrogens is 476 g/mol. The van der Waals surface area contributed by atoms with Gasteiger partial charge in [0.15, 0.2) is 0 Å². The fraction of sp³-hybridized carbons (Fsp3) is 0.407. The Kier molecular flexibility index (Phi) is 8.39. The molecule has 1 aromatic carbocycles. The van der Waals surface area contributed by atoms with E-state index >= 15 is 0 Å². The first-order chi connectivity index (χ1) is 17.4. The van der Waals surface area contributed by atoms with Crippen molar-refractivity contribution in [3.8, 4) is 11.8 Å². The highest BCUT2D eigenvalue weighted by Crippen LogP contribution is 2.31. The van der Waals surface area contributed by atoms with Crippen LogP contribution in [-0.2, 0) is 6.54 Å². The van der Waals surface area contributed by atoms with Crippen molar-refractivity contribution in [3.63, 3.8) is 0 Å². The van der Waals surface area contributed by atoms with Crippen LogP contribution in [0.1, 0.15) is 70.6 Å². The predicted molar refractivity (Wildman–Crippen MR) is 136 cm³/mol.